The summed E-state index contributed by atoms with van der Waals surface area (Å²) >= 11 is 0. The Hall–Kier alpha value is -1.35. The molecule has 1 heterocycles. The Morgan fingerprint density at radius 3 is 2.87 bits per heavy atom. The van der Waals surface area contributed by atoms with Crippen LogP contribution < -0.4 is 5.73 Å². The number of nitrogens with two attached hydrogens (primary N) is 1. The van der Waals surface area contributed by atoms with Crippen molar-refractivity contribution in [3.8, 4) is 0 Å². The van der Waals surface area contributed by atoms with Crippen LogP contribution in [0, 0.1) is 5.82 Å². The zero-order valence-electron chi connectivity index (χ0n) is 9.00. The highest BCUT2D eigenvalue weighted by molar-refractivity contribution is 5.84. The molecule has 0 spiro atoms. The van der Waals surface area contributed by atoms with Crippen molar-refractivity contribution in [1.82, 2.24) is 4.57 Å². The van der Waals surface area contributed by atoms with E-state index in [1.54, 1.807) is 6.07 Å². The first-order chi connectivity index (χ1) is 7.13. The van der Waals surface area contributed by atoms with Crippen LogP contribution in [-0.4, -0.2) is 11.1 Å². The Balaban J connectivity index is 2.68. The summed E-state index contributed by atoms with van der Waals surface area (Å²) in [6, 6.07) is 4.88. The second-order valence-corrected chi connectivity index (χ2v) is 3.99. The van der Waals surface area contributed by atoms with Crippen molar-refractivity contribution in [2.75, 3.05) is 6.54 Å². The first kappa shape index (κ1) is 10.2. The molecule has 15 heavy (non-hydrogen) atoms. The van der Waals surface area contributed by atoms with E-state index in [0.717, 1.165) is 10.9 Å². The molecule has 2 aromatic rings. The number of benzene rings is 1. The molecule has 1 unspecified atom stereocenters. The second-order valence-electron chi connectivity index (χ2n) is 3.99. The maximum Gasteiger partial charge on any atom is 0.125 e. The van der Waals surface area contributed by atoms with Gasteiger partial charge in [-0.25, -0.2) is 4.39 Å². The lowest BCUT2D eigenvalue weighted by atomic mass is 10.0. The van der Waals surface area contributed by atoms with Crippen LogP contribution in [0.2, 0.25) is 0 Å². The molecule has 80 valence electrons. The number of hydrogen-bond acceptors (Lipinski definition) is 1. The van der Waals surface area contributed by atoms with E-state index in [1.807, 2.05) is 23.9 Å². The highest BCUT2D eigenvalue weighted by atomic mass is 19.1. The van der Waals surface area contributed by atoms with Crippen LogP contribution in [0.3, 0.4) is 0 Å². The molecule has 0 aliphatic carbocycles. The van der Waals surface area contributed by atoms with E-state index < -0.39 is 0 Å². The predicted octanol–water partition coefficient (Wildman–Crippen LogP) is 2.38. The Kier molecular flexibility index (Phi) is 2.49. The van der Waals surface area contributed by atoms with E-state index in [4.69, 9.17) is 5.73 Å². The Labute approximate surface area is 88.5 Å². The van der Waals surface area contributed by atoms with Crippen LogP contribution >= 0.6 is 0 Å². The first-order valence-electron chi connectivity index (χ1n) is 5.08. The van der Waals surface area contributed by atoms with Gasteiger partial charge >= 0.3 is 0 Å². The van der Waals surface area contributed by atoms with Gasteiger partial charge in [0, 0.05) is 18.6 Å². The number of fused-ring (bicyclic) bond motifs is 1. The van der Waals surface area contributed by atoms with Gasteiger partial charge in [-0.15, -0.1) is 0 Å². The van der Waals surface area contributed by atoms with E-state index >= 15 is 0 Å². The topological polar surface area (TPSA) is 30.9 Å². The molecule has 2 rings (SSSR count). The molecule has 0 fully saturated rings. The van der Waals surface area contributed by atoms with Crippen LogP contribution in [0.1, 0.15) is 18.4 Å². The summed E-state index contributed by atoms with van der Waals surface area (Å²) in [4.78, 5) is 0. The van der Waals surface area contributed by atoms with Crippen molar-refractivity contribution < 1.29 is 4.39 Å². The van der Waals surface area contributed by atoms with Crippen molar-refractivity contribution in [2.24, 2.45) is 12.8 Å². The molecule has 1 aromatic heterocycles. The van der Waals surface area contributed by atoms with E-state index in [1.165, 1.54) is 11.6 Å². The van der Waals surface area contributed by atoms with Crippen molar-refractivity contribution in [1.29, 1.82) is 0 Å². The van der Waals surface area contributed by atoms with Crippen LogP contribution in [0.5, 0.6) is 0 Å². The number of halogens is 1. The number of aromatic nitrogens is 1. The second kappa shape index (κ2) is 3.66. The Morgan fingerprint density at radius 2 is 2.20 bits per heavy atom. The molecule has 0 amide bonds. The third-order valence-electron chi connectivity index (χ3n) is 2.87. The molecule has 0 bridgehead atoms. The normalized spacial score (nSPS) is 13.3. The number of rotatable bonds is 2. The molecule has 2 N–H and O–H groups in total. The van der Waals surface area contributed by atoms with E-state index in [0.29, 0.717) is 12.5 Å². The van der Waals surface area contributed by atoms with E-state index in [-0.39, 0.29) is 5.82 Å². The van der Waals surface area contributed by atoms with Gasteiger partial charge < -0.3 is 10.3 Å². The first-order valence-corrected chi connectivity index (χ1v) is 5.08. The molecule has 1 aromatic carbocycles. The minimum atomic E-state index is -0.198. The summed E-state index contributed by atoms with van der Waals surface area (Å²) in [5.41, 5.74) is 7.76. The molecule has 2 nitrogen and oxygen atoms in total. The molecule has 0 aliphatic rings. The lowest BCUT2D eigenvalue weighted by Gasteiger charge is -2.05. The molecule has 1 atom stereocenters. The highest BCUT2D eigenvalue weighted by Crippen LogP contribution is 2.27. The average molecular weight is 206 g/mol. The minimum absolute atomic E-state index is 0.198. The van der Waals surface area contributed by atoms with Gasteiger partial charge in [0.15, 0.2) is 0 Å². The summed E-state index contributed by atoms with van der Waals surface area (Å²) in [6.07, 6.45) is 2.03. The van der Waals surface area contributed by atoms with Gasteiger partial charge in [0.2, 0.25) is 0 Å². The zero-order valence-corrected chi connectivity index (χ0v) is 9.00. The van der Waals surface area contributed by atoms with E-state index in [9.17, 15) is 4.39 Å². The standard InChI is InChI=1S/C12H15FN2/c1-8(6-14)11-7-15(2)12-5-9(13)3-4-10(11)12/h3-5,7-8H,6,14H2,1-2H3. The Bertz CT molecular complexity index is 488. The summed E-state index contributed by atoms with van der Waals surface area (Å²) in [5.74, 6) is 0.106. The molecule has 0 radical (unpaired) electrons. The van der Waals surface area contributed by atoms with Crippen molar-refractivity contribution >= 4 is 10.9 Å². The monoisotopic (exact) mass is 206 g/mol. The maximum absolute atomic E-state index is 13.1. The van der Waals surface area contributed by atoms with Crippen molar-refractivity contribution in [3.05, 3.63) is 35.8 Å². The third-order valence-corrected chi connectivity index (χ3v) is 2.87. The summed E-state index contributed by atoms with van der Waals surface area (Å²) in [6.45, 7) is 2.69. The molecule has 3 heteroatoms. The molecule has 0 aliphatic heterocycles. The Morgan fingerprint density at radius 1 is 1.47 bits per heavy atom. The van der Waals surface area contributed by atoms with Crippen molar-refractivity contribution in [2.45, 2.75) is 12.8 Å². The van der Waals surface area contributed by atoms with Crippen molar-refractivity contribution in [3.63, 3.8) is 0 Å². The number of hydrogen-bond donors (Lipinski definition) is 1. The van der Waals surface area contributed by atoms with Crippen LogP contribution in [-0.2, 0) is 7.05 Å². The predicted molar refractivity (Wildman–Crippen MR) is 60.3 cm³/mol. The van der Waals surface area contributed by atoms with Crippen LogP contribution in [0.15, 0.2) is 24.4 Å². The SMILES string of the molecule is CC(CN)c1cn(C)c2cc(F)ccc12. The van der Waals surface area contributed by atoms with E-state index in [2.05, 4.69) is 6.92 Å². The smallest absolute Gasteiger partial charge is 0.125 e. The lowest BCUT2D eigenvalue weighted by molar-refractivity contribution is 0.629. The molecular formula is C12H15FN2. The fraction of sp³-hybridized carbons (Fsp3) is 0.333. The van der Waals surface area contributed by atoms with Crippen LogP contribution in [0.25, 0.3) is 10.9 Å². The summed E-state index contributed by atoms with van der Waals surface area (Å²) < 4.78 is 15.0. The average Bonchev–Trinajstić information content (AvgIpc) is 2.55. The van der Waals surface area contributed by atoms with Gasteiger partial charge in [-0.2, -0.15) is 0 Å². The minimum Gasteiger partial charge on any atom is -0.350 e. The quantitative estimate of drug-likeness (QED) is 0.803. The molecule has 0 saturated heterocycles. The molecular weight excluding hydrogens is 191 g/mol. The summed E-state index contributed by atoms with van der Waals surface area (Å²) in [5, 5.41) is 1.09. The molecule has 0 saturated carbocycles. The zero-order chi connectivity index (χ0) is 11.0. The van der Waals surface area contributed by atoms with Gasteiger partial charge in [0.1, 0.15) is 5.82 Å². The van der Waals surface area contributed by atoms with Gasteiger partial charge in [-0.1, -0.05) is 6.92 Å². The van der Waals surface area contributed by atoms with Gasteiger partial charge in [-0.3, -0.25) is 0 Å². The summed E-state index contributed by atoms with van der Waals surface area (Å²) in [7, 11) is 1.93. The number of aryl methyl sites for hydroxylation is 1. The highest BCUT2D eigenvalue weighted by Gasteiger charge is 2.11. The third kappa shape index (κ3) is 1.63. The fourth-order valence-electron chi connectivity index (χ4n) is 1.91. The van der Waals surface area contributed by atoms with Gasteiger partial charge in [-0.05, 0) is 36.2 Å². The number of nitrogens with zero attached hydrogens (tertiary/aromatic N) is 1. The van der Waals surface area contributed by atoms with Gasteiger partial charge in [0.25, 0.3) is 0 Å². The largest absolute Gasteiger partial charge is 0.350 e. The fourth-order valence-corrected chi connectivity index (χ4v) is 1.91. The lowest BCUT2D eigenvalue weighted by Crippen LogP contribution is -2.08. The van der Waals surface area contributed by atoms with Crippen LogP contribution in [0.4, 0.5) is 4.39 Å². The maximum atomic E-state index is 13.1. The van der Waals surface area contributed by atoms with Gasteiger partial charge in [0.05, 0.1) is 5.52 Å².